The highest BCUT2D eigenvalue weighted by atomic mass is 79.9. The van der Waals surface area contributed by atoms with Gasteiger partial charge in [0.2, 0.25) is 10.0 Å². The number of sulfonamides is 1. The molecule has 0 aliphatic carbocycles. The Morgan fingerprint density at radius 2 is 2.06 bits per heavy atom. The maximum absolute atomic E-state index is 12.2. The van der Waals surface area contributed by atoms with Crippen LogP contribution in [0.1, 0.15) is 33.6 Å². The highest BCUT2D eigenvalue weighted by Crippen LogP contribution is 2.28. The second-order valence-corrected chi connectivity index (χ2v) is 7.79. The fourth-order valence-electron chi connectivity index (χ4n) is 2.05. The van der Waals surface area contributed by atoms with Crippen molar-refractivity contribution < 1.29 is 8.42 Å². The van der Waals surface area contributed by atoms with Gasteiger partial charge in [0.15, 0.2) is 0 Å². The monoisotopic (exact) mass is 311 g/mol. The molecule has 0 amide bonds. The van der Waals surface area contributed by atoms with E-state index in [2.05, 4.69) is 36.7 Å². The van der Waals surface area contributed by atoms with E-state index in [-0.39, 0.29) is 6.04 Å². The average molecular weight is 312 g/mol. The molecule has 5 heteroatoms. The second kappa shape index (κ2) is 5.83. The Kier molecular flexibility index (Phi) is 5.26. The van der Waals surface area contributed by atoms with Crippen LogP contribution in [-0.4, -0.2) is 36.4 Å². The zero-order valence-electron chi connectivity index (χ0n) is 10.3. The van der Waals surface area contributed by atoms with Gasteiger partial charge in [0, 0.05) is 17.9 Å². The molecule has 0 bridgehead atoms. The Morgan fingerprint density at radius 1 is 1.44 bits per heavy atom. The van der Waals surface area contributed by atoms with Gasteiger partial charge in [-0.15, -0.1) is 0 Å². The summed E-state index contributed by atoms with van der Waals surface area (Å²) in [6.07, 6.45) is 1.74. The first-order valence-electron chi connectivity index (χ1n) is 5.94. The van der Waals surface area contributed by atoms with Crippen molar-refractivity contribution in [1.82, 2.24) is 4.31 Å². The average Bonchev–Trinajstić information content (AvgIpc) is 2.57. The summed E-state index contributed by atoms with van der Waals surface area (Å²) in [4.78, 5) is 0. The lowest BCUT2D eigenvalue weighted by Crippen LogP contribution is -2.40. The third kappa shape index (κ3) is 3.44. The molecular weight excluding hydrogens is 290 g/mol. The summed E-state index contributed by atoms with van der Waals surface area (Å²) in [5.74, 6) is 1.20. The van der Waals surface area contributed by atoms with Gasteiger partial charge >= 0.3 is 0 Å². The van der Waals surface area contributed by atoms with Gasteiger partial charge in [-0.1, -0.05) is 36.7 Å². The summed E-state index contributed by atoms with van der Waals surface area (Å²) in [5.41, 5.74) is 0. The largest absolute Gasteiger partial charge is 0.214 e. The zero-order valence-corrected chi connectivity index (χ0v) is 12.7. The molecule has 1 heterocycles. The molecule has 1 rings (SSSR count). The van der Waals surface area contributed by atoms with Gasteiger partial charge in [0.1, 0.15) is 0 Å². The van der Waals surface area contributed by atoms with Gasteiger partial charge < -0.3 is 0 Å². The molecule has 0 aromatic heterocycles. The van der Waals surface area contributed by atoms with Crippen LogP contribution in [0.4, 0.5) is 0 Å². The quantitative estimate of drug-likeness (QED) is 0.731. The van der Waals surface area contributed by atoms with Crippen molar-refractivity contribution in [2.75, 3.05) is 17.6 Å². The van der Waals surface area contributed by atoms with Gasteiger partial charge in [0.25, 0.3) is 0 Å². The fraction of sp³-hybridized carbons (Fsp3) is 1.00. The fourth-order valence-corrected chi connectivity index (χ4v) is 5.31. The van der Waals surface area contributed by atoms with E-state index < -0.39 is 10.0 Å². The lowest BCUT2D eigenvalue weighted by atomic mass is 10.1. The van der Waals surface area contributed by atoms with Gasteiger partial charge in [0.05, 0.1) is 5.75 Å². The van der Waals surface area contributed by atoms with Gasteiger partial charge in [-0.2, -0.15) is 4.31 Å². The van der Waals surface area contributed by atoms with Gasteiger partial charge in [-0.05, 0) is 24.7 Å². The van der Waals surface area contributed by atoms with E-state index >= 15 is 0 Å². The van der Waals surface area contributed by atoms with E-state index in [1.54, 1.807) is 4.31 Å². The van der Waals surface area contributed by atoms with E-state index in [1.807, 2.05) is 0 Å². The van der Waals surface area contributed by atoms with E-state index in [9.17, 15) is 8.42 Å². The number of nitrogens with zero attached hydrogens (tertiary/aromatic N) is 1. The lowest BCUT2D eigenvalue weighted by molar-refractivity contribution is 0.376. The first-order chi connectivity index (χ1) is 7.38. The minimum atomic E-state index is -3.05. The highest BCUT2D eigenvalue weighted by Gasteiger charge is 2.37. The Morgan fingerprint density at radius 3 is 2.56 bits per heavy atom. The van der Waals surface area contributed by atoms with Gasteiger partial charge in [-0.3, -0.25) is 0 Å². The molecule has 2 unspecified atom stereocenters. The summed E-state index contributed by atoms with van der Waals surface area (Å²) in [6, 6.07) is 0.150. The Bertz CT molecular complexity index is 316. The molecule has 0 aromatic carbocycles. The van der Waals surface area contributed by atoms with E-state index in [0.29, 0.717) is 24.1 Å². The smallest absolute Gasteiger partial charge is 0.212 e. The normalized spacial score (nSPS) is 27.8. The van der Waals surface area contributed by atoms with Crippen molar-refractivity contribution in [3.63, 3.8) is 0 Å². The second-order valence-electron chi connectivity index (χ2n) is 5.10. The molecule has 0 spiro atoms. The molecule has 2 atom stereocenters. The number of halogens is 1. The summed E-state index contributed by atoms with van der Waals surface area (Å²) >= 11 is 3.42. The summed E-state index contributed by atoms with van der Waals surface area (Å²) in [5, 5.41) is 0.745. The molecule has 1 fully saturated rings. The summed E-state index contributed by atoms with van der Waals surface area (Å²) < 4.78 is 26.0. The van der Waals surface area contributed by atoms with Crippen LogP contribution in [-0.2, 0) is 10.0 Å². The Hall–Kier alpha value is 0.390. The highest BCUT2D eigenvalue weighted by molar-refractivity contribution is 9.09. The molecule has 0 saturated carbocycles. The van der Waals surface area contributed by atoms with E-state index in [4.69, 9.17) is 0 Å². The SMILES string of the molecule is CC(C)CCS(=O)(=O)N1CCC(C)C1CBr. The molecule has 1 aliphatic rings. The van der Waals surface area contributed by atoms with Crippen LogP contribution in [0.2, 0.25) is 0 Å². The van der Waals surface area contributed by atoms with Crippen molar-refractivity contribution in [2.45, 2.75) is 39.7 Å². The first-order valence-corrected chi connectivity index (χ1v) is 8.67. The van der Waals surface area contributed by atoms with Crippen molar-refractivity contribution in [2.24, 2.45) is 11.8 Å². The predicted molar refractivity (Wildman–Crippen MR) is 71.3 cm³/mol. The summed E-state index contributed by atoms with van der Waals surface area (Å²) in [7, 11) is -3.05. The number of rotatable bonds is 5. The third-order valence-electron chi connectivity index (χ3n) is 3.30. The van der Waals surface area contributed by atoms with Crippen LogP contribution < -0.4 is 0 Å². The maximum Gasteiger partial charge on any atom is 0.214 e. The predicted octanol–water partition coefficient (Wildman–Crippen LogP) is 2.47. The van der Waals surface area contributed by atoms with Crippen LogP contribution in [0.15, 0.2) is 0 Å². The molecule has 0 radical (unpaired) electrons. The third-order valence-corrected chi connectivity index (χ3v) is 5.88. The van der Waals surface area contributed by atoms with Crippen LogP contribution in [0.5, 0.6) is 0 Å². The number of hydrogen-bond acceptors (Lipinski definition) is 2. The summed E-state index contributed by atoms with van der Waals surface area (Å²) in [6.45, 7) is 6.94. The number of hydrogen-bond donors (Lipinski definition) is 0. The van der Waals surface area contributed by atoms with Crippen LogP contribution in [0, 0.1) is 11.8 Å². The molecule has 0 aromatic rings. The van der Waals surface area contributed by atoms with Crippen molar-refractivity contribution >= 4 is 26.0 Å². The topological polar surface area (TPSA) is 37.4 Å². The van der Waals surface area contributed by atoms with Crippen molar-refractivity contribution in [3.05, 3.63) is 0 Å². The molecule has 3 nitrogen and oxygen atoms in total. The minimum Gasteiger partial charge on any atom is -0.212 e. The number of alkyl halides is 1. The molecule has 0 N–H and O–H groups in total. The van der Waals surface area contributed by atoms with E-state index in [0.717, 1.165) is 18.2 Å². The maximum atomic E-state index is 12.2. The Labute approximate surface area is 108 Å². The van der Waals surface area contributed by atoms with Crippen LogP contribution in [0.3, 0.4) is 0 Å². The zero-order chi connectivity index (χ0) is 12.3. The molecule has 96 valence electrons. The van der Waals surface area contributed by atoms with E-state index in [1.165, 1.54) is 0 Å². The molecule has 16 heavy (non-hydrogen) atoms. The van der Waals surface area contributed by atoms with Crippen LogP contribution in [0.25, 0.3) is 0 Å². The first kappa shape index (κ1) is 14.5. The molecule has 1 aliphatic heterocycles. The van der Waals surface area contributed by atoms with Gasteiger partial charge in [-0.25, -0.2) is 8.42 Å². The van der Waals surface area contributed by atoms with Crippen molar-refractivity contribution in [1.29, 1.82) is 0 Å². The molecular formula is C11H22BrNO2S. The standard InChI is InChI=1S/C11H22BrNO2S/c1-9(2)5-7-16(14,15)13-6-4-10(3)11(13)8-12/h9-11H,4-8H2,1-3H3. The minimum absolute atomic E-state index is 0.150. The lowest BCUT2D eigenvalue weighted by Gasteiger charge is -2.24. The Balaban J connectivity index is 2.68. The van der Waals surface area contributed by atoms with Crippen molar-refractivity contribution in [3.8, 4) is 0 Å². The molecule has 1 saturated heterocycles. The van der Waals surface area contributed by atoms with Crippen LogP contribution >= 0.6 is 15.9 Å².